The summed E-state index contributed by atoms with van der Waals surface area (Å²) in [6.45, 7) is 0. The van der Waals surface area contributed by atoms with Gasteiger partial charge in [0, 0.05) is 28.5 Å². The Bertz CT molecular complexity index is 1040. The molecular formula is C17H11ClN4O2S2. The molecule has 130 valence electrons. The summed E-state index contributed by atoms with van der Waals surface area (Å²) in [5, 5.41) is 15.9. The number of thioether (sulfide) groups is 1. The Morgan fingerprint density at radius 2 is 1.88 bits per heavy atom. The number of halogens is 1. The molecule has 0 radical (unpaired) electrons. The van der Waals surface area contributed by atoms with Crippen LogP contribution in [0.3, 0.4) is 0 Å². The van der Waals surface area contributed by atoms with Gasteiger partial charge in [0.25, 0.3) is 5.69 Å². The first-order valence-corrected chi connectivity index (χ1v) is 9.75. The highest BCUT2D eigenvalue weighted by molar-refractivity contribution is 8.00. The van der Waals surface area contributed by atoms with Crippen LogP contribution in [0.15, 0.2) is 59.1 Å². The first-order valence-electron chi connectivity index (χ1n) is 7.57. The molecule has 2 heterocycles. The predicted molar refractivity (Wildman–Crippen MR) is 104 cm³/mol. The van der Waals surface area contributed by atoms with Crippen LogP contribution in [0.4, 0.5) is 5.69 Å². The number of nitro benzene ring substituents is 1. The van der Waals surface area contributed by atoms with Crippen LogP contribution >= 0.6 is 34.7 Å². The molecule has 4 rings (SSSR count). The zero-order valence-electron chi connectivity index (χ0n) is 13.2. The van der Waals surface area contributed by atoms with Crippen LogP contribution in [0.25, 0.3) is 16.2 Å². The molecule has 0 saturated carbocycles. The van der Waals surface area contributed by atoms with Gasteiger partial charge in [-0.2, -0.15) is 0 Å². The van der Waals surface area contributed by atoms with E-state index in [4.69, 9.17) is 11.6 Å². The van der Waals surface area contributed by atoms with Crippen LogP contribution < -0.4 is 0 Å². The first kappa shape index (κ1) is 17.0. The number of aromatic nitrogens is 3. The molecule has 26 heavy (non-hydrogen) atoms. The SMILES string of the molecule is O=[N+]([O-])c1ccc(CSc2nn3cc(-c4ccc(Cl)cc4)nc3s2)cc1. The Hall–Kier alpha value is -2.42. The molecule has 0 atom stereocenters. The van der Waals surface area contributed by atoms with Crippen molar-refractivity contribution in [2.45, 2.75) is 10.1 Å². The fourth-order valence-corrected chi connectivity index (χ4v) is 4.37. The second kappa shape index (κ2) is 7.06. The van der Waals surface area contributed by atoms with Crippen molar-refractivity contribution in [2.24, 2.45) is 0 Å². The number of fused-ring (bicyclic) bond motifs is 1. The lowest BCUT2D eigenvalue weighted by atomic mass is 10.2. The van der Waals surface area contributed by atoms with Crippen LogP contribution in [0.2, 0.25) is 5.02 Å². The average molecular weight is 403 g/mol. The number of imidazole rings is 1. The maximum Gasteiger partial charge on any atom is 0.269 e. The third-order valence-electron chi connectivity index (χ3n) is 3.67. The summed E-state index contributed by atoms with van der Waals surface area (Å²) < 4.78 is 2.67. The molecule has 0 aliphatic rings. The number of nitrogens with zero attached hydrogens (tertiary/aromatic N) is 4. The standard InChI is InChI=1S/C17H11ClN4O2S2/c18-13-5-3-12(4-6-13)15-9-21-16(19-15)26-17(20-21)25-10-11-1-7-14(8-2-11)22(23)24/h1-9H,10H2. The van der Waals surface area contributed by atoms with Crippen LogP contribution in [-0.4, -0.2) is 19.5 Å². The molecule has 0 unspecified atom stereocenters. The van der Waals surface area contributed by atoms with Crippen molar-refractivity contribution in [3.8, 4) is 11.3 Å². The first-order chi connectivity index (χ1) is 12.6. The van der Waals surface area contributed by atoms with Crippen molar-refractivity contribution in [3.63, 3.8) is 0 Å². The molecule has 0 bridgehead atoms. The van der Waals surface area contributed by atoms with Crippen molar-refractivity contribution in [2.75, 3.05) is 0 Å². The van der Waals surface area contributed by atoms with Gasteiger partial charge in [0.15, 0.2) is 4.34 Å². The molecule has 0 spiro atoms. The fourth-order valence-electron chi connectivity index (χ4n) is 2.36. The van der Waals surface area contributed by atoms with Gasteiger partial charge in [0.1, 0.15) is 0 Å². The molecule has 6 nitrogen and oxygen atoms in total. The second-order valence-corrected chi connectivity index (χ2v) is 8.06. The lowest BCUT2D eigenvalue weighted by Gasteiger charge is -1.98. The third-order valence-corrected chi connectivity index (χ3v) is 6.05. The smallest absolute Gasteiger partial charge is 0.258 e. The Kier molecular flexibility index (Phi) is 4.62. The fraction of sp³-hybridized carbons (Fsp3) is 0.0588. The molecule has 0 fully saturated rings. The van der Waals surface area contributed by atoms with Gasteiger partial charge in [-0.1, -0.05) is 59.0 Å². The third kappa shape index (κ3) is 3.57. The van der Waals surface area contributed by atoms with Crippen LogP contribution in [0, 0.1) is 10.1 Å². The predicted octanol–water partition coefficient (Wildman–Crippen LogP) is 5.31. The normalized spacial score (nSPS) is 11.1. The Labute approximate surface area is 161 Å². The van der Waals surface area contributed by atoms with Crippen LogP contribution in [0.5, 0.6) is 0 Å². The second-order valence-electron chi connectivity index (χ2n) is 5.44. The molecule has 0 aliphatic carbocycles. The number of hydrogen-bond acceptors (Lipinski definition) is 6. The van der Waals surface area contributed by atoms with Crippen molar-refractivity contribution in [3.05, 3.63) is 75.4 Å². The van der Waals surface area contributed by atoms with Crippen molar-refractivity contribution < 1.29 is 4.92 Å². The van der Waals surface area contributed by atoms with Crippen LogP contribution in [0.1, 0.15) is 5.56 Å². The van der Waals surface area contributed by atoms with E-state index in [9.17, 15) is 10.1 Å². The molecule has 2 aromatic heterocycles. The van der Waals surface area contributed by atoms with E-state index in [0.717, 1.165) is 26.1 Å². The molecule has 0 amide bonds. The van der Waals surface area contributed by atoms with E-state index >= 15 is 0 Å². The number of hydrogen-bond donors (Lipinski definition) is 0. The van der Waals surface area contributed by atoms with Crippen LogP contribution in [-0.2, 0) is 5.75 Å². The van der Waals surface area contributed by atoms with Gasteiger partial charge in [-0.3, -0.25) is 10.1 Å². The number of nitro groups is 1. The Morgan fingerprint density at radius 1 is 1.15 bits per heavy atom. The van der Waals surface area contributed by atoms with Crippen molar-refractivity contribution in [1.29, 1.82) is 0 Å². The minimum Gasteiger partial charge on any atom is -0.258 e. The number of non-ortho nitro benzene ring substituents is 1. The van der Waals surface area contributed by atoms with Gasteiger partial charge in [0.2, 0.25) is 4.96 Å². The summed E-state index contributed by atoms with van der Waals surface area (Å²) in [7, 11) is 0. The van der Waals surface area contributed by atoms with E-state index in [1.54, 1.807) is 28.4 Å². The molecule has 0 saturated heterocycles. The summed E-state index contributed by atoms with van der Waals surface area (Å²) in [4.78, 5) is 15.7. The van der Waals surface area contributed by atoms with Crippen molar-refractivity contribution >= 4 is 45.3 Å². The molecule has 0 N–H and O–H groups in total. The van der Waals surface area contributed by atoms with Crippen molar-refractivity contribution in [1.82, 2.24) is 14.6 Å². The maximum absolute atomic E-state index is 10.7. The zero-order valence-corrected chi connectivity index (χ0v) is 15.6. The van der Waals surface area contributed by atoms with Gasteiger partial charge in [-0.25, -0.2) is 9.50 Å². The highest BCUT2D eigenvalue weighted by atomic mass is 35.5. The average Bonchev–Trinajstić information content (AvgIpc) is 3.19. The summed E-state index contributed by atoms with van der Waals surface area (Å²) >= 11 is 9.01. The monoisotopic (exact) mass is 402 g/mol. The highest BCUT2D eigenvalue weighted by Gasteiger charge is 2.11. The van der Waals surface area contributed by atoms with Gasteiger partial charge in [-0.05, 0) is 17.7 Å². The Balaban J connectivity index is 1.47. The number of benzene rings is 2. The largest absolute Gasteiger partial charge is 0.269 e. The van der Waals surface area contributed by atoms with E-state index in [2.05, 4.69) is 10.1 Å². The summed E-state index contributed by atoms with van der Waals surface area (Å²) in [5.74, 6) is 0.693. The minimum atomic E-state index is -0.398. The van der Waals surface area contributed by atoms with Gasteiger partial charge < -0.3 is 0 Å². The van der Waals surface area contributed by atoms with E-state index in [1.807, 2.05) is 30.5 Å². The number of rotatable bonds is 5. The molecule has 4 aromatic rings. The lowest BCUT2D eigenvalue weighted by Crippen LogP contribution is -1.88. The summed E-state index contributed by atoms with van der Waals surface area (Å²) in [6, 6.07) is 14.1. The highest BCUT2D eigenvalue weighted by Crippen LogP contribution is 2.30. The van der Waals surface area contributed by atoms with E-state index in [1.165, 1.54) is 23.5 Å². The minimum absolute atomic E-state index is 0.0983. The van der Waals surface area contributed by atoms with Gasteiger partial charge in [-0.15, -0.1) is 5.10 Å². The topological polar surface area (TPSA) is 73.3 Å². The van der Waals surface area contributed by atoms with E-state index < -0.39 is 4.92 Å². The molecule has 9 heteroatoms. The molecule has 0 aliphatic heterocycles. The summed E-state index contributed by atoms with van der Waals surface area (Å²) in [5.41, 5.74) is 2.95. The molecular weight excluding hydrogens is 392 g/mol. The summed E-state index contributed by atoms with van der Waals surface area (Å²) in [6.07, 6.45) is 1.89. The van der Waals surface area contributed by atoms with E-state index in [0.29, 0.717) is 10.8 Å². The van der Waals surface area contributed by atoms with Gasteiger partial charge in [0.05, 0.1) is 16.8 Å². The Morgan fingerprint density at radius 3 is 2.54 bits per heavy atom. The lowest BCUT2D eigenvalue weighted by molar-refractivity contribution is -0.384. The zero-order chi connectivity index (χ0) is 18.1. The molecule has 2 aromatic carbocycles. The maximum atomic E-state index is 10.7. The van der Waals surface area contributed by atoms with E-state index in [-0.39, 0.29) is 5.69 Å². The quantitative estimate of drug-likeness (QED) is 0.257. The van der Waals surface area contributed by atoms with Gasteiger partial charge >= 0.3 is 0 Å².